The van der Waals surface area contributed by atoms with Crippen molar-refractivity contribution in [2.45, 2.75) is 51.9 Å². The number of fused-ring (bicyclic) bond motifs is 1. The molecule has 2 aromatic rings. The number of aromatic nitrogens is 2. The van der Waals surface area contributed by atoms with Gasteiger partial charge >= 0.3 is 5.97 Å². The lowest BCUT2D eigenvalue weighted by atomic mass is 9.75. The standard InChI is InChI=1S/C21H27N3O2S/c1-7-12-24(15-9-8-14(13-22-15)18(25)26-6)19-23-16-17(27-19)21(4,5)11-10-20(16,2)3/h8-11,13H,7,12H2,1-6H3. The highest BCUT2D eigenvalue weighted by molar-refractivity contribution is 7.16. The monoisotopic (exact) mass is 385 g/mol. The molecule has 0 fully saturated rings. The zero-order valence-corrected chi connectivity index (χ0v) is 17.7. The lowest BCUT2D eigenvalue weighted by Crippen LogP contribution is -2.27. The fraction of sp³-hybridized carbons (Fsp3) is 0.476. The minimum absolute atomic E-state index is 0.0270. The summed E-state index contributed by atoms with van der Waals surface area (Å²) in [5.41, 5.74) is 1.48. The van der Waals surface area contributed by atoms with Gasteiger partial charge in [-0.1, -0.05) is 46.8 Å². The molecule has 5 nitrogen and oxygen atoms in total. The second kappa shape index (κ2) is 7.08. The third-order valence-corrected chi connectivity index (χ3v) is 6.27. The molecule has 1 aliphatic carbocycles. The number of anilines is 2. The first-order chi connectivity index (χ1) is 12.7. The van der Waals surface area contributed by atoms with Gasteiger partial charge in [-0.05, 0) is 18.6 Å². The SMILES string of the molecule is CCCN(c1ccc(C(=O)OC)cn1)c1nc2c(s1)C(C)(C)C=CC2(C)C. The molecule has 0 atom stereocenters. The molecule has 0 unspecified atom stereocenters. The van der Waals surface area contributed by atoms with Gasteiger partial charge in [-0.25, -0.2) is 14.8 Å². The Morgan fingerprint density at radius 2 is 1.89 bits per heavy atom. The maximum Gasteiger partial charge on any atom is 0.339 e. The van der Waals surface area contributed by atoms with Crippen LogP contribution in [0.15, 0.2) is 30.5 Å². The van der Waals surface area contributed by atoms with Crippen LogP contribution in [-0.4, -0.2) is 29.6 Å². The topological polar surface area (TPSA) is 55.3 Å². The Bertz CT molecular complexity index is 831. The fourth-order valence-corrected chi connectivity index (χ4v) is 4.54. The summed E-state index contributed by atoms with van der Waals surface area (Å²) in [7, 11) is 1.37. The van der Waals surface area contributed by atoms with Gasteiger partial charge in [0.25, 0.3) is 0 Å². The van der Waals surface area contributed by atoms with Crippen LogP contribution >= 0.6 is 11.3 Å². The van der Waals surface area contributed by atoms with E-state index in [-0.39, 0.29) is 16.8 Å². The molecule has 0 saturated carbocycles. The molecule has 3 rings (SSSR count). The van der Waals surface area contributed by atoms with Crippen molar-refractivity contribution in [1.82, 2.24) is 9.97 Å². The summed E-state index contributed by atoms with van der Waals surface area (Å²) in [5.74, 6) is 0.412. The van der Waals surface area contributed by atoms with Gasteiger partial charge in [-0.15, -0.1) is 11.3 Å². The van der Waals surface area contributed by atoms with Gasteiger partial charge < -0.3 is 9.64 Å². The van der Waals surface area contributed by atoms with Crippen LogP contribution in [0.1, 0.15) is 62.0 Å². The Morgan fingerprint density at radius 3 is 2.44 bits per heavy atom. The molecule has 0 aliphatic heterocycles. The molecular weight excluding hydrogens is 358 g/mol. The largest absolute Gasteiger partial charge is 0.465 e. The number of ether oxygens (including phenoxy) is 1. The molecule has 0 bridgehead atoms. The Balaban J connectivity index is 2.02. The van der Waals surface area contributed by atoms with Crippen LogP contribution in [-0.2, 0) is 15.6 Å². The third kappa shape index (κ3) is 3.63. The first-order valence-electron chi connectivity index (χ1n) is 9.23. The molecular formula is C21H27N3O2S. The van der Waals surface area contributed by atoms with E-state index in [2.05, 4.69) is 56.7 Å². The molecule has 0 saturated heterocycles. The van der Waals surface area contributed by atoms with Crippen LogP contribution in [0.4, 0.5) is 10.9 Å². The summed E-state index contributed by atoms with van der Waals surface area (Å²) in [6, 6.07) is 3.61. The first kappa shape index (κ1) is 19.5. The summed E-state index contributed by atoms with van der Waals surface area (Å²) in [4.78, 5) is 24.6. The van der Waals surface area contributed by atoms with E-state index in [9.17, 15) is 4.79 Å². The predicted molar refractivity (Wildman–Crippen MR) is 110 cm³/mol. The highest BCUT2D eigenvalue weighted by atomic mass is 32.1. The van der Waals surface area contributed by atoms with E-state index >= 15 is 0 Å². The molecule has 27 heavy (non-hydrogen) atoms. The molecule has 0 amide bonds. The number of pyridine rings is 1. The summed E-state index contributed by atoms with van der Waals surface area (Å²) in [5, 5.41) is 0.949. The van der Waals surface area contributed by atoms with Crippen molar-refractivity contribution >= 4 is 28.3 Å². The number of carbonyl (C=O) groups is 1. The average molecular weight is 386 g/mol. The van der Waals surface area contributed by atoms with Crippen molar-refractivity contribution in [3.05, 3.63) is 46.6 Å². The molecule has 2 heterocycles. The Morgan fingerprint density at radius 1 is 1.19 bits per heavy atom. The summed E-state index contributed by atoms with van der Waals surface area (Å²) in [6.07, 6.45) is 7.07. The van der Waals surface area contributed by atoms with E-state index in [4.69, 9.17) is 9.72 Å². The molecule has 0 N–H and O–H groups in total. The predicted octanol–water partition coefficient (Wildman–Crippen LogP) is 5.00. The van der Waals surface area contributed by atoms with Crippen LogP contribution in [0.25, 0.3) is 0 Å². The van der Waals surface area contributed by atoms with Gasteiger partial charge in [0.05, 0.1) is 18.4 Å². The van der Waals surface area contributed by atoms with Crippen molar-refractivity contribution in [1.29, 1.82) is 0 Å². The van der Waals surface area contributed by atoms with Gasteiger partial charge in [0, 0.05) is 28.4 Å². The van der Waals surface area contributed by atoms with Crippen LogP contribution in [0.5, 0.6) is 0 Å². The van der Waals surface area contributed by atoms with Crippen LogP contribution in [0.3, 0.4) is 0 Å². The summed E-state index contributed by atoms with van der Waals surface area (Å²) < 4.78 is 4.76. The molecule has 0 spiro atoms. The van der Waals surface area contributed by atoms with Crippen LogP contribution in [0, 0.1) is 0 Å². The van der Waals surface area contributed by atoms with Crippen molar-refractivity contribution in [2.24, 2.45) is 0 Å². The minimum atomic E-state index is -0.379. The van der Waals surface area contributed by atoms with E-state index < -0.39 is 0 Å². The van der Waals surface area contributed by atoms with Crippen molar-refractivity contribution < 1.29 is 9.53 Å². The van der Waals surface area contributed by atoms with Gasteiger partial charge in [0.2, 0.25) is 0 Å². The number of methoxy groups -OCH3 is 1. The van der Waals surface area contributed by atoms with Crippen molar-refractivity contribution in [2.75, 3.05) is 18.6 Å². The lowest BCUT2D eigenvalue weighted by Gasteiger charge is -2.32. The Labute approximate surface area is 165 Å². The number of esters is 1. The second-order valence-corrected chi connectivity index (χ2v) is 8.98. The molecule has 2 aromatic heterocycles. The van der Waals surface area contributed by atoms with Crippen LogP contribution < -0.4 is 4.90 Å². The van der Waals surface area contributed by atoms with E-state index in [1.807, 2.05) is 6.07 Å². The average Bonchev–Trinajstić information content (AvgIpc) is 3.11. The number of rotatable bonds is 5. The maximum absolute atomic E-state index is 11.7. The smallest absolute Gasteiger partial charge is 0.339 e. The zero-order chi connectivity index (χ0) is 19.8. The summed E-state index contributed by atoms with van der Waals surface area (Å²) in [6.45, 7) is 11.8. The number of hydrogen-bond acceptors (Lipinski definition) is 6. The van der Waals surface area contributed by atoms with E-state index in [1.165, 1.54) is 12.0 Å². The van der Waals surface area contributed by atoms with Crippen LogP contribution in [0.2, 0.25) is 0 Å². The van der Waals surface area contributed by atoms with E-state index in [0.717, 1.165) is 29.6 Å². The zero-order valence-electron chi connectivity index (χ0n) is 16.9. The summed E-state index contributed by atoms with van der Waals surface area (Å²) >= 11 is 1.73. The normalized spacial score (nSPS) is 16.7. The number of carbonyl (C=O) groups excluding carboxylic acids is 1. The second-order valence-electron chi connectivity index (χ2n) is 8.00. The van der Waals surface area contributed by atoms with Gasteiger partial charge in [0.1, 0.15) is 5.82 Å². The molecule has 6 heteroatoms. The van der Waals surface area contributed by atoms with Gasteiger partial charge in [-0.3, -0.25) is 0 Å². The van der Waals surface area contributed by atoms with E-state index in [0.29, 0.717) is 5.56 Å². The highest BCUT2D eigenvalue weighted by Gasteiger charge is 2.37. The Hall–Kier alpha value is -2.21. The fourth-order valence-electron chi connectivity index (χ4n) is 3.19. The maximum atomic E-state index is 11.7. The minimum Gasteiger partial charge on any atom is -0.465 e. The van der Waals surface area contributed by atoms with Crippen molar-refractivity contribution in [3.8, 4) is 0 Å². The number of nitrogens with zero attached hydrogens (tertiary/aromatic N) is 3. The number of hydrogen-bond donors (Lipinski definition) is 0. The van der Waals surface area contributed by atoms with Gasteiger partial charge in [-0.2, -0.15) is 0 Å². The van der Waals surface area contributed by atoms with E-state index in [1.54, 1.807) is 23.6 Å². The highest BCUT2D eigenvalue weighted by Crippen LogP contribution is 2.46. The molecule has 0 aromatic carbocycles. The molecule has 1 aliphatic rings. The van der Waals surface area contributed by atoms with Gasteiger partial charge in [0.15, 0.2) is 5.13 Å². The third-order valence-electron chi connectivity index (χ3n) is 4.85. The number of allylic oxidation sites excluding steroid dienone is 2. The molecule has 144 valence electrons. The molecule has 0 radical (unpaired) electrons. The number of thiazole rings is 1. The Kier molecular flexibility index (Phi) is 5.12. The van der Waals surface area contributed by atoms with Crippen molar-refractivity contribution in [3.63, 3.8) is 0 Å². The quantitative estimate of drug-likeness (QED) is 0.536. The first-order valence-corrected chi connectivity index (χ1v) is 10.1. The lowest BCUT2D eigenvalue weighted by molar-refractivity contribution is 0.0600.